The molecule has 0 atom stereocenters. The summed E-state index contributed by atoms with van der Waals surface area (Å²) in [5.41, 5.74) is 10.4. The quantitative estimate of drug-likeness (QED) is 0.0395. The normalized spacial score (nSPS) is 13.4. The van der Waals surface area contributed by atoms with Gasteiger partial charge >= 0.3 is 11.4 Å². The van der Waals surface area contributed by atoms with Crippen molar-refractivity contribution in [1.29, 1.82) is 0 Å². The Morgan fingerprint density at radius 1 is 0.667 bits per heavy atom. The van der Waals surface area contributed by atoms with Crippen LogP contribution in [0.15, 0.2) is 85.2 Å². The van der Waals surface area contributed by atoms with E-state index in [2.05, 4.69) is 35.7 Å². The fourth-order valence-corrected chi connectivity index (χ4v) is 8.40. The third kappa shape index (κ3) is 15.4. The molecule has 368 valence electrons. The van der Waals surface area contributed by atoms with Gasteiger partial charge in [-0.25, -0.2) is 14.8 Å². The topological polar surface area (TPSA) is 221 Å². The summed E-state index contributed by atoms with van der Waals surface area (Å²) in [4.78, 5) is 64.6. The van der Waals surface area contributed by atoms with Gasteiger partial charge in [-0.1, -0.05) is 12.1 Å². The predicted octanol–water partition coefficient (Wildman–Crippen LogP) is 7.63. The summed E-state index contributed by atoms with van der Waals surface area (Å²) in [5, 5.41) is 19.0. The van der Waals surface area contributed by atoms with E-state index in [0.29, 0.717) is 75.3 Å². The number of piperidine rings is 2. The van der Waals surface area contributed by atoms with Crippen LogP contribution >= 0.6 is 11.6 Å². The van der Waals surface area contributed by atoms with Crippen LogP contribution in [0.3, 0.4) is 0 Å². The molecule has 0 spiro atoms. The molecule has 6 aromatic rings. The number of hydrogen-bond donors (Lipinski definition) is 4. The molecule has 18 nitrogen and oxygen atoms in total. The van der Waals surface area contributed by atoms with Crippen molar-refractivity contribution in [2.75, 3.05) is 76.4 Å². The molecule has 0 radical (unpaired) electrons. The van der Waals surface area contributed by atoms with Crippen LogP contribution in [-0.4, -0.2) is 130 Å². The first-order chi connectivity index (χ1) is 33.7. The number of ether oxygens (including phenoxy) is 2. The van der Waals surface area contributed by atoms with Gasteiger partial charge in [0.05, 0.1) is 14.2 Å². The van der Waals surface area contributed by atoms with Crippen LogP contribution in [0, 0.1) is 0 Å². The number of fused-ring (bicyclic) bond motifs is 2. The van der Waals surface area contributed by atoms with Gasteiger partial charge in [0, 0.05) is 117 Å². The molecule has 2 saturated heterocycles. The number of H-pyrrole nitrogens is 2. The second-order valence-corrected chi connectivity index (χ2v) is 17.0. The van der Waals surface area contributed by atoms with Crippen molar-refractivity contribution >= 4 is 68.3 Å². The maximum Gasteiger partial charge on any atom is 0.317 e. The maximum atomic E-state index is 13.3. The van der Waals surface area contributed by atoms with Crippen molar-refractivity contribution < 1.29 is 28.7 Å². The van der Waals surface area contributed by atoms with Gasteiger partial charge in [0.2, 0.25) is 11.8 Å². The number of carbonyl (C=O) groups is 4. The Labute approximate surface area is 408 Å². The van der Waals surface area contributed by atoms with Crippen molar-refractivity contribution in [2.45, 2.75) is 77.0 Å². The first-order valence-corrected chi connectivity index (χ1v) is 24.2. The number of aromatic amines is 2. The summed E-state index contributed by atoms with van der Waals surface area (Å²) in [7, 11) is 3.22. The van der Waals surface area contributed by atoms with Crippen LogP contribution in [-0.2, 0) is 22.4 Å². The van der Waals surface area contributed by atoms with Gasteiger partial charge in [-0.2, -0.15) is 10.2 Å². The molecular weight excluding hydrogens is 900 g/mol. The van der Waals surface area contributed by atoms with Crippen molar-refractivity contribution in [2.24, 2.45) is 5.73 Å². The highest BCUT2D eigenvalue weighted by atomic mass is 35.5. The number of halogens is 1. The molecule has 19 heteroatoms. The summed E-state index contributed by atoms with van der Waals surface area (Å²) >= 11 is 5.24. The lowest BCUT2D eigenvalue weighted by Gasteiger charge is -2.27. The summed E-state index contributed by atoms with van der Waals surface area (Å²) in [6.07, 6.45) is 13.4. The minimum absolute atomic E-state index is 0.00208. The Bertz CT molecular complexity index is 2560. The van der Waals surface area contributed by atoms with Crippen LogP contribution in [0.4, 0.5) is 21.0 Å². The molecule has 0 unspecified atom stereocenters. The van der Waals surface area contributed by atoms with E-state index in [1.165, 1.54) is 12.8 Å². The van der Waals surface area contributed by atoms with E-state index < -0.39 is 0 Å². The molecule has 4 aromatic heterocycles. The van der Waals surface area contributed by atoms with Gasteiger partial charge in [-0.05, 0) is 131 Å². The van der Waals surface area contributed by atoms with E-state index in [1.807, 2.05) is 77.7 Å². The third-order valence-electron chi connectivity index (χ3n) is 12.0. The summed E-state index contributed by atoms with van der Waals surface area (Å²) < 4.78 is 10.6. The number of methoxy groups -OCH3 is 2. The van der Waals surface area contributed by atoms with E-state index in [4.69, 9.17) is 26.8 Å². The molecule has 0 aliphatic carbocycles. The molecule has 8 rings (SSSR count). The molecule has 69 heavy (non-hydrogen) atoms. The Kier molecular flexibility index (Phi) is 20.4. The van der Waals surface area contributed by atoms with Gasteiger partial charge in [0.15, 0.2) is 11.3 Å². The number of amides is 5. The lowest BCUT2D eigenvalue weighted by Crippen LogP contribution is -2.43. The standard InChI is InChI=1S/C25H32N6O3.C19H23N5O2.C6H10ClNO/c1-34-20-9-5-8-19(18-20)31(17-7-14-27-25(33)30-15-3-2-4-16-30)23(32)12-11-22-21-10-6-13-26-24(21)29-28-22;1-26-15-6-2-5-14(13-15)24(12-4-10-20)18(25)9-8-17-16-7-3-11-21-19(16)23-22-17;7-6(9)8-4-2-1-3-5-8/h5-6,8-10,13,18H,2-4,7,11-12,14-17H2,1H3,(H,27,33)(H,26,28,29);2-3,5-7,11,13H,4,8-10,12,20H2,1H3,(H,21,22,23);1-5H2. The Morgan fingerprint density at radius 3 is 1.59 bits per heavy atom. The van der Waals surface area contributed by atoms with Gasteiger partial charge in [-0.15, -0.1) is 0 Å². The molecule has 6 heterocycles. The number of nitrogens with one attached hydrogen (secondary N) is 3. The number of anilines is 2. The first kappa shape index (κ1) is 51.6. The average Bonchev–Trinajstić information content (AvgIpc) is 4.02. The third-order valence-corrected chi connectivity index (χ3v) is 12.2. The smallest absolute Gasteiger partial charge is 0.317 e. The van der Waals surface area contributed by atoms with Gasteiger partial charge in [0.1, 0.15) is 11.5 Å². The summed E-state index contributed by atoms with van der Waals surface area (Å²) in [5.74, 6) is 1.46. The second kappa shape index (κ2) is 27.3. The minimum Gasteiger partial charge on any atom is -0.497 e. The largest absolute Gasteiger partial charge is 0.497 e. The lowest BCUT2D eigenvalue weighted by molar-refractivity contribution is -0.119. The minimum atomic E-state index is -0.297. The summed E-state index contributed by atoms with van der Waals surface area (Å²) in [6, 6.07) is 22.6. The fourth-order valence-electron chi connectivity index (χ4n) is 8.23. The summed E-state index contributed by atoms with van der Waals surface area (Å²) in [6.45, 7) is 5.46. The number of nitrogens with two attached hydrogens (primary N) is 1. The van der Waals surface area contributed by atoms with E-state index in [1.54, 1.807) is 41.3 Å². The zero-order valence-electron chi connectivity index (χ0n) is 39.7. The molecule has 0 bridgehead atoms. The number of rotatable bonds is 17. The van der Waals surface area contributed by atoms with E-state index in [9.17, 15) is 19.2 Å². The van der Waals surface area contributed by atoms with Crippen LogP contribution in [0.25, 0.3) is 22.1 Å². The molecule has 2 aliphatic heterocycles. The highest BCUT2D eigenvalue weighted by Crippen LogP contribution is 2.25. The molecule has 2 aliphatic rings. The van der Waals surface area contributed by atoms with Crippen molar-refractivity contribution in [3.05, 3.63) is 96.6 Å². The Morgan fingerprint density at radius 2 is 1.14 bits per heavy atom. The van der Waals surface area contributed by atoms with Gasteiger partial charge in [0.25, 0.3) is 0 Å². The number of nitrogens with zero attached hydrogens (tertiary/aromatic N) is 8. The number of benzene rings is 2. The van der Waals surface area contributed by atoms with Crippen LogP contribution < -0.4 is 30.3 Å². The van der Waals surface area contributed by atoms with Crippen molar-refractivity contribution in [3.8, 4) is 11.5 Å². The number of aryl methyl sites for hydroxylation is 2. The highest BCUT2D eigenvalue weighted by Gasteiger charge is 2.21. The molecule has 2 aromatic carbocycles. The Hall–Kier alpha value is -6.79. The van der Waals surface area contributed by atoms with Gasteiger partial charge < -0.3 is 40.1 Å². The fraction of sp³-hybridized carbons (Fsp3) is 0.440. The highest BCUT2D eigenvalue weighted by molar-refractivity contribution is 6.62. The number of aromatic nitrogens is 6. The number of carbonyl (C=O) groups excluding carboxylic acids is 4. The number of likely N-dealkylation sites (tertiary alicyclic amines) is 2. The average molecular weight is 966 g/mol. The predicted molar refractivity (Wildman–Crippen MR) is 269 cm³/mol. The SMILES string of the molecule is COc1cccc(N(CCCN)C(=O)CCc2[nH]nc3ncccc23)c1.COc1cccc(N(CCCNC(=O)N2CCCCC2)C(=O)CCc2[nH]nc3ncccc23)c1.O=C(Cl)N1CCCCC1. The number of pyridine rings is 2. The van der Waals surface area contributed by atoms with Crippen molar-refractivity contribution in [3.63, 3.8) is 0 Å². The zero-order valence-corrected chi connectivity index (χ0v) is 40.5. The van der Waals surface area contributed by atoms with Gasteiger partial charge in [-0.3, -0.25) is 24.6 Å². The molecular formula is C50H65ClN12O6. The van der Waals surface area contributed by atoms with E-state index in [0.717, 1.165) is 97.6 Å². The zero-order chi connectivity index (χ0) is 48.8. The second-order valence-electron chi connectivity index (χ2n) is 16.7. The molecule has 5 N–H and O–H groups in total. The van der Waals surface area contributed by atoms with Crippen LogP contribution in [0.5, 0.6) is 11.5 Å². The van der Waals surface area contributed by atoms with E-state index in [-0.39, 0.29) is 23.2 Å². The first-order valence-electron chi connectivity index (χ1n) is 23.8. The molecule has 0 saturated carbocycles. The lowest BCUT2D eigenvalue weighted by atomic mass is 10.1. The maximum absolute atomic E-state index is 13.3. The number of hydrogen-bond acceptors (Lipinski definition) is 11. The van der Waals surface area contributed by atoms with Crippen LogP contribution in [0.2, 0.25) is 0 Å². The monoisotopic (exact) mass is 964 g/mol. The van der Waals surface area contributed by atoms with Crippen LogP contribution in [0.1, 0.15) is 75.6 Å². The number of urea groups is 1. The molecule has 2 fully saturated rings. The van der Waals surface area contributed by atoms with Crippen molar-refractivity contribution in [1.82, 2.24) is 45.5 Å². The Balaban J connectivity index is 0.000000196. The molecule has 5 amide bonds. The van der Waals surface area contributed by atoms with E-state index >= 15 is 0 Å².